The Labute approximate surface area is 99.1 Å². The van der Waals surface area contributed by atoms with Crippen molar-refractivity contribution in [1.82, 2.24) is 9.97 Å². The van der Waals surface area contributed by atoms with Crippen LogP contribution in [-0.4, -0.2) is 9.97 Å². The van der Waals surface area contributed by atoms with E-state index in [9.17, 15) is 0 Å². The van der Waals surface area contributed by atoms with Crippen molar-refractivity contribution in [3.05, 3.63) is 60.6 Å². The molecular formula is C14H11N2O. The maximum absolute atomic E-state index is 5.63. The van der Waals surface area contributed by atoms with E-state index in [1.54, 1.807) is 12.4 Å². The van der Waals surface area contributed by atoms with Crippen molar-refractivity contribution < 1.29 is 4.74 Å². The molecule has 2 aromatic heterocycles. The minimum Gasteiger partial charge on any atom is -0.487 e. The molecule has 3 nitrogen and oxygen atoms in total. The molecule has 3 heteroatoms. The second-order valence-electron chi connectivity index (χ2n) is 3.79. The third-order valence-electron chi connectivity index (χ3n) is 2.58. The third kappa shape index (κ3) is 2.13. The van der Waals surface area contributed by atoms with Gasteiger partial charge in [-0.3, -0.25) is 4.98 Å². The monoisotopic (exact) mass is 223 g/mol. The lowest BCUT2D eigenvalue weighted by atomic mass is 10.2. The van der Waals surface area contributed by atoms with Gasteiger partial charge in [0.2, 0.25) is 0 Å². The number of pyridine rings is 1. The summed E-state index contributed by atoms with van der Waals surface area (Å²) in [6.07, 6.45) is 5.26. The Morgan fingerprint density at radius 2 is 2.29 bits per heavy atom. The van der Waals surface area contributed by atoms with Crippen LogP contribution in [-0.2, 0) is 6.61 Å². The number of rotatable bonds is 3. The van der Waals surface area contributed by atoms with Crippen LogP contribution < -0.4 is 4.74 Å². The van der Waals surface area contributed by atoms with Gasteiger partial charge in [-0.05, 0) is 23.8 Å². The molecule has 0 spiro atoms. The molecule has 0 fully saturated rings. The van der Waals surface area contributed by atoms with Crippen LogP contribution in [0.3, 0.4) is 0 Å². The predicted octanol–water partition coefficient (Wildman–Crippen LogP) is 2.94. The molecule has 17 heavy (non-hydrogen) atoms. The molecule has 0 atom stereocenters. The second kappa shape index (κ2) is 4.29. The summed E-state index contributed by atoms with van der Waals surface area (Å²) in [4.78, 5) is 7.14. The molecule has 3 rings (SSSR count). The molecule has 0 saturated carbocycles. The first-order valence-electron chi connectivity index (χ1n) is 5.42. The molecule has 1 aromatic carbocycles. The van der Waals surface area contributed by atoms with Crippen molar-refractivity contribution >= 4 is 10.9 Å². The minimum atomic E-state index is 0.542. The van der Waals surface area contributed by atoms with E-state index >= 15 is 0 Å². The van der Waals surface area contributed by atoms with Gasteiger partial charge in [0, 0.05) is 29.4 Å². The summed E-state index contributed by atoms with van der Waals surface area (Å²) >= 11 is 0. The first-order valence-corrected chi connectivity index (χ1v) is 5.42. The average molecular weight is 223 g/mol. The van der Waals surface area contributed by atoms with Crippen molar-refractivity contribution in [3.63, 3.8) is 0 Å². The van der Waals surface area contributed by atoms with E-state index in [2.05, 4.69) is 22.1 Å². The lowest BCUT2D eigenvalue weighted by Gasteiger charge is -2.05. The van der Waals surface area contributed by atoms with Crippen molar-refractivity contribution in [1.29, 1.82) is 0 Å². The van der Waals surface area contributed by atoms with Crippen LogP contribution in [0.5, 0.6) is 5.75 Å². The van der Waals surface area contributed by atoms with Gasteiger partial charge in [0.1, 0.15) is 12.4 Å². The molecule has 0 unspecified atom stereocenters. The van der Waals surface area contributed by atoms with E-state index in [1.165, 1.54) is 0 Å². The molecule has 1 N–H and O–H groups in total. The molecular weight excluding hydrogens is 212 g/mol. The fraction of sp³-hybridized carbons (Fsp3) is 0.0714. The summed E-state index contributed by atoms with van der Waals surface area (Å²) in [6.45, 7) is 0.542. The number of aromatic amines is 1. The lowest BCUT2D eigenvalue weighted by Crippen LogP contribution is -1.95. The highest BCUT2D eigenvalue weighted by Gasteiger charge is 1.99. The normalized spacial score (nSPS) is 10.6. The van der Waals surface area contributed by atoms with E-state index < -0.39 is 0 Å². The number of benzene rings is 1. The summed E-state index contributed by atoms with van der Waals surface area (Å²) in [5, 5.41) is 1.09. The van der Waals surface area contributed by atoms with Crippen LogP contribution >= 0.6 is 0 Å². The SMILES string of the molecule is [c]1c[nH]c2cc(COc3cccnc3)ccc12. The lowest BCUT2D eigenvalue weighted by molar-refractivity contribution is 0.305. The van der Waals surface area contributed by atoms with Crippen molar-refractivity contribution in [2.24, 2.45) is 0 Å². The number of nitrogens with one attached hydrogen (secondary N) is 1. The number of ether oxygens (including phenoxy) is 1. The maximum atomic E-state index is 5.63. The maximum Gasteiger partial charge on any atom is 0.138 e. The molecule has 3 aromatic rings. The largest absolute Gasteiger partial charge is 0.487 e. The number of nitrogens with zero attached hydrogens (tertiary/aromatic N) is 1. The van der Waals surface area contributed by atoms with Gasteiger partial charge in [0.05, 0.1) is 6.20 Å². The highest BCUT2D eigenvalue weighted by atomic mass is 16.5. The summed E-state index contributed by atoms with van der Waals surface area (Å²) in [7, 11) is 0. The van der Waals surface area contributed by atoms with Gasteiger partial charge in [-0.25, -0.2) is 0 Å². The molecule has 0 saturated heterocycles. The van der Waals surface area contributed by atoms with Crippen LogP contribution in [0.2, 0.25) is 0 Å². The number of hydrogen-bond acceptors (Lipinski definition) is 2. The molecule has 2 heterocycles. The average Bonchev–Trinajstić information content (AvgIpc) is 2.85. The van der Waals surface area contributed by atoms with Gasteiger partial charge < -0.3 is 9.72 Å². The second-order valence-corrected chi connectivity index (χ2v) is 3.79. The predicted molar refractivity (Wildman–Crippen MR) is 65.7 cm³/mol. The topological polar surface area (TPSA) is 37.9 Å². The fourth-order valence-corrected chi connectivity index (χ4v) is 1.72. The van der Waals surface area contributed by atoms with Crippen LogP contribution in [0.1, 0.15) is 5.56 Å². The van der Waals surface area contributed by atoms with Crippen LogP contribution in [0, 0.1) is 6.07 Å². The van der Waals surface area contributed by atoms with Gasteiger partial charge in [0.25, 0.3) is 0 Å². The first-order chi connectivity index (χ1) is 8.42. The Balaban J connectivity index is 1.76. The minimum absolute atomic E-state index is 0.542. The van der Waals surface area contributed by atoms with Crippen molar-refractivity contribution in [3.8, 4) is 5.75 Å². The molecule has 0 bridgehead atoms. The number of aromatic nitrogens is 2. The standard InChI is InChI=1S/C14H11N2O/c1-2-13(9-15-6-1)17-10-11-3-4-12-5-7-16-14(12)8-11/h1-4,6-9,16H,10H2. The van der Waals surface area contributed by atoms with E-state index in [-0.39, 0.29) is 0 Å². The Kier molecular flexibility index (Phi) is 2.50. The summed E-state index contributed by atoms with van der Waals surface area (Å²) in [5.41, 5.74) is 2.20. The molecule has 0 aliphatic rings. The van der Waals surface area contributed by atoms with E-state index in [0.29, 0.717) is 6.61 Å². The Morgan fingerprint density at radius 3 is 3.18 bits per heavy atom. The van der Waals surface area contributed by atoms with Gasteiger partial charge in [-0.1, -0.05) is 12.1 Å². The van der Waals surface area contributed by atoms with Gasteiger partial charge in [-0.15, -0.1) is 0 Å². The van der Waals surface area contributed by atoms with Crippen molar-refractivity contribution in [2.75, 3.05) is 0 Å². The Morgan fingerprint density at radius 1 is 1.29 bits per heavy atom. The number of hydrogen-bond donors (Lipinski definition) is 1. The van der Waals surface area contributed by atoms with E-state index in [1.807, 2.05) is 30.5 Å². The van der Waals surface area contributed by atoms with Gasteiger partial charge >= 0.3 is 0 Å². The summed E-state index contributed by atoms with van der Waals surface area (Å²) in [6, 6.07) is 13.0. The first kappa shape index (κ1) is 9.90. The van der Waals surface area contributed by atoms with Crippen LogP contribution in [0.15, 0.2) is 48.9 Å². The third-order valence-corrected chi connectivity index (χ3v) is 2.58. The molecule has 1 radical (unpaired) electrons. The van der Waals surface area contributed by atoms with Crippen LogP contribution in [0.25, 0.3) is 10.9 Å². The molecule has 0 amide bonds. The molecule has 0 aliphatic carbocycles. The zero-order valence-electron chi connectivity index (χ0n) is 9.18. The highest BCUT2D eigenvalue weighted by molar-refractivity contribution is 5.79. The van der Waals surface area contributed by atoms with Crippen LogP contribution in [0.4, 0.5) is 0 Å². The summed E-state index contributed by atoms with van der Waals surface area (Å²) < 4.78 is 5.63. The van der Waals surface area contributed by atoms with Crippen molar-refractivity contribution in [2.45, 2.75) is 6.61 Å². The molecule has 83 valence electrons. The zero-order chi connectivity index (χ0) is 11.5. The highest BCUT2D eigenvalue weighted by Crippen LogP contribution is 2.15. The smallest absolute Gasteiger partial charge is 0.138 e. The summed E-state index contributed by atoms with van der Waals surface area (Å²) in [5.74, 6) is 0.783. The number of H-pyrrole nitrogens is 1. The number of fused-ring (bicyclic) bond motifs is 1. The van der Waals surface area contributed by atoms with E-state index in [0.717, 1.165) is 22.2 Å². The fourth-order valence-electron chi connectivity index (χ4n) is 1.72. The molecule has 0 aliphatic heterocycles. The Hall–Kier alpha value is -2.29. The quantitative estimate of drug-likeness (QED) is 0.741. The zero-order valence-corrected chi connectivity index (χ0v) is 9.18. The van der Waals surface area contributed by atoms with Gasteiger partial charge in [0.15, 0.2) is 0 Å². The van der Waals surface area contributed by atoms with E-state index in [4.69, 9.17) is 4.74 Å². The Bertz CT molecular complexity index is 616. The van der Waals surface area contributed by atoms with Gasteiger partial charge in [-0.2, -0.15) is 0 Å².